The molecule has 1 aromatic rings. The van der Waals surface area contributed by atoms with Gasteiger partial charge in [0.1, 0.15) is 5.75 Å². The Bertz CT molecular complexity index is 389. The molecular formula is C18H30N2O. The van der Waals surface area contributed by atoms with E-state index < -0.39 is 0 Å². The molecule has 0 aliphatic carbocycles. The first kappa shape index (κ1) is 16.2. The summed E-state index contributed by atoms with van der Waals surface area (Å²) in [4.78, 5) is 2.42. The van der Waals surface area contributed by atoms with Crippen molar-refractivity contribution in [1.29, 1.82) is 0 Å². The van der Waals surface area contributed by atoms with Crippen molar-refractivity contribution in [3.63, 3.8) is 0 Å². The van der Waals surface area contributed by atoms with Gasteiger partial charge in [0.15, 0.2) is 0 Å². The molecule has 0 spiro atoms. The lowest BCUT2D eigenvalue weighted by Gasteiger charge is -2.30. The number of piperazine rings is 1. The standard InChI is InChI=1S/C18H30N2O/c1-2-3-4-5-6-9-16-21-18-11-8-7-10-17(18)20-14-12-19-13-15-20/h7-8,10-11,19H,2-6,9,12-16H2,1H3. The molecule has 0 aromatic heterocycles. The highest BCUT2D eigenvalue weighted by atomic mass is 16.5. The lowest BCUT2D eigenvalue weighted by atomic mass is 10.1. The second-order valence-electron chi connectivity index (χ2n) is 5.82. The van der Waals surface area contributed by atoms with Crippen molar-refractivity contribution in [2.75, 3.05) is 37.7 Å². The summed E-state index contributed by atoms with van der Waals surface area (Å²) >= 11 is 0. The maximum atomic E-state index is 6.03. The zero-order valence-electron chi connectivity index (χ0n) is 13.4. The predicted molar refractivity (Wildman–Crippen MR) is 90.4 cm³/mol. The largest absolute Gasteiger partial charge is 0.491 e. The number of para-hydroxylation sites is 2. The molecule has 0 unspecified atom stereocenters. The fourth-order valence-electron chi connectivity index (χ4n) is 2.81. The van der Waals surface area contributed by atoms with Crippen LogP contribution in [0.1, 0.15) is 45.4 Å². The Kier molecular flexibility index (Phi) is 7.44. The average Bonchev–Trinajstić information content (AvgIpc) is 2.55. The molecule has 3 heteroatoms. The summed E-state index contributed by atoms with van der Waals surface area (Å²) in [6, 6.07) is 8.47. The van der Waals surface area contributed by atoms with Crippen LogP contribution >= 0.6 is 0 Å². The number of anilines is 1. The Balaban J connectivity index is 1.74. The number of benzene rings is 1. The van der Waals surface area contributed by atoms with Crippen LogP contribution in [-0.4, -0.2) is 32.8 Å². The van der Waals surface area contributed by atoms with Gasteiger partial charge in [-0.2, -0.15) is 0 Å². The lowest BCUT2D eigenvalue weighted by molar-refractivity contribution is 0.304. The molecule has 0 amide bonds. The summed E-state index contributed by atoms with van der Waals surface area (Å²) < 4.78 is 6.03. The van der Waals surface area contributed by atoms with E-state index in [4.69, 9.17) is 4.74 Å². The average molecular weight is 290 g/mol. The van der Waals surface area contributed by atoms with Crippen LogP contribution in [0.4, 0.5) is 5.69 Å². The van der Waals surface area contributed by atoms with Crippen LogP contribution in [0.15, 0.2) is 24.3 Å². The minimum absolute atomic E-state index is 0.842. The van der Waals surface area contributed by atoms with E-state index in [0.717, 1.165) is 38.5 Å². The third kappa shape index (κ3) is 5.58. The van der Waals surface area contributed by atoms with E-state index in [2.05, 4.69) is 41.4 Å². The van der Waals surface area contributed by atoms with Gasteiger partial charge in [0.05, 0.1) is 12.3 Å². The quantitative estimate of drug-likeness (QED) is 0.699. The zero-order chi connectivity index (χ0) is 14.8. The molecular weight excluding hydrogens is 260 g/mol. The summed E-state index contributed by atoms with van der Waals surface area (Å²) in [5, 5.41) is 3.40. The van der Waals surface area contributed by atoms with Crippen LogP contribution in [0.3, 0.4) is 0 Å². The molecule has 0 radical (unpaired) electrons. The number of hydrogen-bond acceptors (Lipinski definition) is 3. The van der Waals surface area contributed by atoms with Crippen LogP contribution in [0.2, 0.25) is 0 Å². The van der Waals surface area contributed by atoms with Crippen LogP contribution in [0, 0.1) is 0 Å². The Morgan fingerprint density at radius 1 is 1.00 bits per heavy atom. The molecule has 1 aliphatic heterocycles. The Morgan fingerprint density at radius 3 is 2.52 bits per heavy atom. The number of nitrogens with zero attached hydrogens (tertiary/aromatic N) is 1. The first-order valence-electron chi connectivity index (χ1n) is 8.59. The van der Waals surface area contributed by atoms with E-state index in [1.54, 1.807) is 0 Å². The van der Waals surface area contributed by atoms with Gasteiger partial charge in [-0.1, -0.05) is 51.2 Å². The topological polar surface area (TPSA) is 24.5 Å². The molecule has 1 heterocycles. The van der Waals surface area contributed by atoms with Gasteiger partial charge in [-0.05, 0) is 18.6 Å². The SMILES string of the molecule is CCCCCCCCOc1ccccc1N1CCNCC1. The number of rotatable bonds is 9. The first-order chi connectivity index (χ1) is 10.4. The Labute approximate surface area is 129 Å². The molecule has 0 bridgehead atoms. The number of hydrogen-bond donors (Lipinski definition) is 1. The first-order valence-corrected chi connectivity index (χ1v) is 8.59. The predicted octanol–water partition coefficient (Wildman–Crippen LogP) is 3.84. The monoisotopic (exact) mass is 290 g/mol. The second kappa shape index (κ2) is 9.67. The van der Waals surface area contributed by atoms with Crippen molar-refractivity contribution in [2.45, 2.75) is 45.4 Å². The third-order valence-electron chi connectivity index (χ3n) is 4.08. The van der Waals surface area contributed by atoms with Crippen molar-refractivity contribution in [2.24, 2.45) is 0 Å². The molecule has 0 atom stereocenters. The molecule has 21 heavy (non-hydrogen) atoms. The summed E-state index contributed by atoms with van der Waals surface area (Å²) in [5.41, 5.74) is 1.25. The summed E-state index contributed by atoms with van der Waals surface area (Å²) in [6.07, 6.45) is 7.85. The highest BCUT2D eigenvalue weighted by molar-refractivity contribution is 5.58. The normalized spacial score (nSPS) is 15.2. The molecule has 1 aromatic carbocycles. The molecule has 0 saturated carbocycles. The van der Waals surface area contributed by atoms with Crippen molar-refractivity contribution in [1.82, 2.24) is 5.32 Å². The van der Waals surface area contributed by atoms with Crippen LogP contribution in [0.25, 0.3) is 0 Å². The Morgan fingerprint density at radius 2 is 1.71 bits per heavy atom. The maximum absolute atomic E-state index is 6.03. The van der Waals surface area contributed by atoms with Crippen molar-refractivity contribution < 1.29 is 4.74 Å². The van der Waals surface area contributed by atoms with Crippen molar-refractivity contribution in [3.8, 4) is 5.75 Å². The van der Waals surface area contributed by atoms with Crippen LogP contribution in [-0.2, 0) is 0 Å². The molecule has 1 saturated heterocycles. The molecule has 1 fully saturated rings. The second-order valence-corrected chi connectivity index (χ2v) is 5.82. The van der Waals surface area contributed by atoms with E-state index in [1.807, 2.05) is 0 Å². The van der Waals surface area contributed by atoms with E-state index in [1.165, 1.54) is 44.2 Å². The Hall–Kier alpha value is -1.22. The van der Waals surface area contributed by atoms with Gasteiger partial charge in [-0.25, -0.2) is 0 Å². The van der Waals surface area contributed by atoms with Gasteiger partial charge in [0.2, 0.25) is 0 Å². The van der Waals surface area contributed by atoms with Gasteiger partial charge in [-0.15, -0.1) is 0 Å². The number of nitrogens with one attached hydrogen (secondary N) is 1. The molecule has 1 aliphatic rings. The van der Waals surface area contributed by atoms with Crippen molar-refractivity contribution >= 4 is 5.69 Å². The molecule has 1 N–H and O–H groups in total. The third-order valence-corrected chi connectivity index (χ3v) is 4.08. The van der Waals surface area contributed by atoms with Crippen LogP contribution < -0.4 is 15.0 Å². The molecule has 118 valence electrons. The zero-order valence-corrected chi connectivity index (χ0v) is 13.4. The van der Waals surface area contributed by atoms with Gasteiger partial charge in [0.25, 0.3) is 0 Å². The highest BCUT2D eigenvalue weighted by Gasteiger charge is 2.14. The minimum Gasteiger partial charge on any atom is -0.491 e. The number of ether oxygens (including phenoxy) is 1. The van der Waals surface area contributed by atoms with Crippen LogP contribution in [0.5, 0.6) is 5.75 Å². The fourth-order valence-corrected chi connectivity index (χ4v) is 2.81. The molecule has 2 rings (SSSR count). The van der Waals surface area contributed by atoms with Crippen molar-refractivity contribution in [3.05, 3.63) is 24.3 Å². The van der Waals surface area contributed by atoms with E-state index in [-0.39, 0.29) is 0 Å². The van der Waals surface area contributed by atoms with E-state index >= 15 is 0 Å². The summed E-state index contributed by atoms with van der Waals surface area (Å²) in [5.74, 6) is 1.05. The lowest BCUT2D eigenvalue weighted by Crippen LogP contribution is -2.43. The van der Waals surface area contributed by atoms with Gasteiger partial charge in [0, 0.05) is 26.2 Å². The number of unbranched alkanes of at least 4 members (excludes halogenated alkanes) is 5. The minimum atomic E-state index is 0.842. The maximum Gasteiger partial charge on any atom is 0.142 e. The van der Waals surface area contributed by atoms with E-state index in [9.17, 15) is 0 Å². The van der Waals surface area contributed by atoms with Gasteiger partial charge < -0.3 is 15.0 Å². The summed E-state index contributed by atoms with van der Waals surface area (Å²) in [6.45, 7) is 7.36. The summed E-state index contributed by atoms with van der Waals surface area (Å²) in [7, 11) is 0. The molecule has 3 nitrogen and oxygen atoms in total. The van der Waals surface area contributed by atoms with E-state index in [0.29, 0.717) is 0 Å². The van der Waals surface area contributed by atoms with Gasteiger partial charge in [-0.3, -0.25) is 0 Å². The fraction of sp³-hybridized carbons (Fsp3) is 0.667. The smallest absolute Gasteiger partial charge is 0.142 e. The van der Waals surface area contributed by atoms with Gasteiger partial charge >= 0.3 is 0 Å². The highest BCUT2D eigenvalue weighted by Crippen LogP contribution is 2.28.